The lowest BCUT2D eigenvalue weighted by Gasteiger charge is -2.23. The number of para-hydroxylation sites is 1. The molecule has 0 fully saturated rings. The molecule has 0 spiro atoms. The van der Waals surface area contributed by atoms with Crippen molar-refractivity contribution < 1.29 is 9.90 Å². The first-order valence-corrected chi connectivity index (χ1v) is 6.70. The molecule has 0 heterocycles. The van der Waals surface area contributed by atoms with Gasteiger partial charge in [-0.15, -0.1) is 0 Å². The Labute approximate surface area is 114 Å². The van der Waals surface area contributed by atoms with Crippen molar-refractivity contribution in [2.45, 2.75) is 13.3 Å². The summed E-state index contributed by atoms with van der Waals surface area (Å²) < 4.78 is 0. The number of carbonyl (C=O) groups is 1. The van der Waals surface area contributed by atoms with Crippen LogP contribution in [0, 0.1) is 0 Å². The Hall–Kier alpha value is -1.75. The largest absolute Gasteiger partial charge is 0.395 e. The molecule has 0 bridgehead atoms. The highest BCUT2D eigenvalue weighted by Crippen LogP contribution is 2.12. The average molecular weight is 265 g/mol. The van der Waals surface area contributed by atoms with Gasteiger partial charge in [-0.25, -0.2) is 4.79 Å². The highest BCUT2D eigenvalue weighted by Gasteiger charge is 2.03. The Morgan fingerprint density at radius 1 is 1.21 bits per heavy atom. The molecule has 0 unspecified atom stereocenters. The minimum absolute atomic E-state index is 0.0367. The lowest BCUT2D eigenvalue weighted by atomic mass is 10.2. The van der Waals surface area contributed by atoms with E-state index in [0.717, 1.165) is 19.5 Å². The zero-order valence-electron chi connectivity index (χ0n) is 11.4. The SMILES string of the molecule is CCN(CCCNC(=O)NCCO)c1ccccc1. The minimum atomic E-state index is -0.225. The van der Waals surface area contributed by atoms with Crippen LogP contribution in [0.25, 0.3) is 0 Å². The van der Waals surface area contributed by atoms with Crippen LogP contribution in [0.2, 0.25) is 0 Å². The molecule has 0 radical (unpaired) electrons. The first kappa shape index (κ1) is 15.3. The van der Waals surface area contributed by atoms with E-state index in [1.165, 1.54) is 5.69 Å². The Morgan fingerprint density at radius 3 is 2.53 bits per heavy atom. The number of anilines is 1. The van der Waals surface area contributed by atoms with Gasteiger partial charge in [0.1, 0.15) is 0 Å². The molecule has 1 aromatic rings. The standard InChI is InChI=1S/C14H23N3O2/c1-2-17(13-7-4-3-5-8-13)11-6-9-15-14(19)16-10-12-18/h3-5,7-8,18H,2,6,9-12H2,1H3,(H2,15,16,19). The number of rotatable bonds is 8. The van der Waals surface area contributed by atoms with E-state index in [9.17, 15) is 4.79 Å². The molecule has 0 aliphatic carbocycles. The summed E-state index contributed by atoms with van der Waals surface area (Å²) in [6.45, 7) is 4.85. The fourth-order valence-electron chi connectivity index (χ4n) is 1.81. The number of benzene rings is 1. The van der Waals surface area contributed by atoms with Crippen molar-refractivity contribution in [3.05, 3.63) is 30.3 Å². The van der Waals surface area contributed by atoms with Gasteiger partial charge in [-0.2, -0.15) is 0 Å². The first-order valence-electron chi connectivity index (χ1n) is 6.70. The Balaban J connectivity index is 2.22. The summed E-state index contributed by atoms with van der Waals surface area (Å²) in [4.78, 5) is 13.5. The van der Waals surface area contributed by atoms with E-state index >= 15 is 0 Å². The lowest BCUT2D eigenvalue weighted by Crippen LogP contribution is -2.38. The van der Waals surface area contributed by atoms with Crippen LogP contribution in [-0.4, -0.2) is 43.9 Å². The summed E-state index contributed by atoms with van der Waals surface area (Å²) in [7, 11) is 0. The third-order valence-electron chi connectivity index (χ3n) is 2.79. The molecule has 3 N–H and O–H groups in total. The third-order valence-corrected chi connectivity index (χ3v) is 2.79. The van der Waals surface area contributed by atoms with Gasteiger partial charge in [0.25, 0.3) is 0 Å². The number of nitrogens with zero attached hydrogens (tertiary/aromatic N) is 1. The fraction of sp³-hybridized carbons (Fsp3) is 0.500. The molecule has 5 heteroatoms. The van der Waals surface area contributed by atoms with Gasteiger partial charge in [-0.05, 0) is 25.5 Å². The van der Waals surface area contributed by atoms with E-state index in [-0.39, 0.29) is 19.2 Å². The molecule has 19 heavy (non-hydrogen) atoms. The monoisotopic (exact) mass is 265 g/mol. The van der Waals surface area contributed by atoms with Gasteiger partial charge in [0.2, 0.25) is 0 Å². The van der Waals surface area contributed by atoms with Crippen molar-refractivity contribution in [3.8, 4) is 0 Å². The van der Waals surface area contributed by atoms with Gasteiger partial charge in [-0.1, -0.05) is 18.2 Å². The normalized spacial score (nSPS) is 10.0. The maximum Gasteiger partial charge on any atom is 0.314 e. The van der Waals surface area contributed by atoms with Gasteiger partial charge in [-0.3, -0.25) is 0 Å². The molecule has 106 valence electrons. The summed E-state index contributed by atoms with van der Waals surface area (Å²) in [6, 6.07) is 10.0. The van der Waals surface area contributed by atoms with E-state index in [1.54, 1.807) is 0 Å². The van der Waals surface area contributed by atoms with Crippen LogP contribution in [0.15, 0.2) is 30.3 Å². The molecular weight excluding hydrogens is 242 g/mol. The van der Waals surface area contributed by atoms with E-state index < -0.39 is 0 Å². The van der Waals surface area contributed by atoms with E-state index in [0.29, 0.717) is 6.54 Å². The number of urea groups is 1. The molecule has 5 nitrogen and oxygen atoms in total. The van der Waals surface area contributed by atoms with Crippen LogP contribution in [-0.2, 0) is 0 Å². The predicted octanol–water partition coefficient (Wildman–Crippen LogP) is 1.19. The van der Waals surface area contributed by atoms with Crippen molar-refractivity contribution in [2.75, 3.05) is 37.7 Å². The van der Waals surface area contributed by atoms with Gasteiger partial charge in [0.15, 0.2) is 0 Å². The number of amides is 2. The minimum Gasteiger partial charge on any atom is -0.395 e. The van der Waals surface area contributed by atoms with Gasteiger partial charge in [0, 0.05) is 31.9 Å². The second-order valence-corrected chi connectivity index (χ2v) is 4.18. The quantitative estimate of drug-likeness (QED) is 0.619. The summed E-state index contributed by atoms with van der Waals surface area (Å²) in [5, 5.41) is 13.9. The van der Waals surface area contributed by atoms with E-state index in [4.69, 9.17) is 5.11 Å². The molecule has 0 aliphatic heterocycles. The van der Waals surface area contributed by atoms with Crippen LogP contribution in [0.1, 0.15) is 13.3 Å². The average Bonchev–Trinajstić information content (AvgIpc) is 2.46. The number of nitrogens with one attached hydrogen (secondary N) is 2. The highest BCUT2D eigenvalue weighted by molar-refractivity contribution is 5.73. The number of hydrogen-bond acceptors (Lipinski definition) is 3. The zero-order chi connectivity index (χ0) is 13.9. The van der Waals surface area contributed by atoms with Gasteiger partial charge >= 0.3 is 6.03 Å². The smallest absolute Gasteiger partial charge is 0.314 e. The number of carbonyl (C=O) groups excluding carboxylic acids is 1. The second kappa shape index (κ2) is 9.22. The van der Waals surface area contributed by atoms with Crippen LogP contribution >= 0.6 is 0 Å². The number of hydrogen-bond donors (Lipinski definition) is 3. The highest BCUT2D eigenvalue weighted by atomic mass is 16.3. The van der Waals surface area contributed by atoms with Gasteiger partial charge < -0.3 is 20.6 Å². The molecule has 0 aromatic heterocycles. The topological polar surface area (TPSA) is 64.6 Å². The van der Waals surface area contributed by atoms with Crippen molar-refractivity contribution in [2.24, 2.45) is 0 Å². The Bertz CT molecular complexity index is 357. The fourth-order valence-corrected chi connectivity index (χ4v) is 1.81. The maximum absolute atomic E-state index is 11.2. The molecule has 0 atom stereocenters. The summed E-state index contributed by atoms with van der Waals surface area (Å²) in [5.41, 5.74) is 1.20. The van der Waals surface area contributed by atoms with Crippen molar-refractivity contribution in [3.63, 3.8) is 0 Å². The Morgan fingerprint density at radius 2 is 1.89 bits per heavy atom. The first-order chi connectivity index (χ1) is 9.27. The van der Waals surface area contributed by atoms with Crippen LogP contribution in [0.5, 0.6) is 0 Å². The van der Waals surface area contributed by atoms with Crippen LogP contribution in [0.3, 0.4) is 0 Å². The second-order valence-electron chi connectivity index (χ2n) is 4.18. The van der Waals surface area contributed by atoms with E-state index in [1.807, 2.05) is 18.2 Å². The molecule has 1 rings (SSSR count). The zero-order valence-corrected chi connectivity index (χ0v) is 11.4. The number of aliphatic hydroxyl groups excluding tert-OH is 1. The Kier molecular flexibility index (Phi) is 7.43. The van der Waals surface area contributed by atoms with Crippen molar-refractivity contribution >= 4 is 11.7 Å². The van der Waals surface area contributed by atoms with Crippen LogP contribution < -0.4 is 15.5 Å². The molecule has 0 saturated heterocycles. The molecule has 2 amide bonds. The summed E-state index contributed by atoms with van der Waals surface area (Å²) in [5.74, 6) is 0. The van der Waals surface area contributed by atoms with Crippen molar-refractivity contribution in [1.82, 2.24) is 10.6 Å². The number of aliphatic hydroxyl groups is 1. The third kappa shape index (κ3) is 6.10. The van der Waals surface area contributed by atoms with Crippen LogP contribution in [0.4, 0.5) is 10.5 Å². The molecular formula is C14H23N3O2. The predicted molar refractivity (Wildman–Crippen MR) is 77.4 cm³/mol. The molecule has 0 aliphatic rings. The maximum atomic E-state index is 11.2. The molecule has 0 saturated carbocycles. The van der Waals surface area contributed by atoms with Crippen molar-refractivity contribution in [1.29, 1.82) is 0 Å². The summed E-state index contributed by atoms with van der Waals surface area (Å²) in [6.07, 6.45) is 0.884. The van der Waals surface area contributed by atoms with Gasteiger partial charge in [0.05, 0.1) is 6.61 Å². The summed E-state index contributed by atoms with van der Waals surface area (Å²) >= 11 is 0. The van der Waals surface area contributed by atoms with E-state index in [2.05, 4.69) is 34.6 Å². The molecule has 1 aromatic carbocycles. The lowest BCUT2D eigenvalue weighted by molar-refractivity contribution is 0.234.